The lowest BCUT2D eigenvalue weighted by Crippen LogP contribution is -2.18. The van der Waals surface area contributed by atoms with Gasteiger partial charge in [0.2, 0.25) is 0 Å². The van der Waals surface area contributed by atoms with Crippen LogP contribution in [-0.4, -0.2) is 23.3 Å². The molecule has 1 aromatic carbocycles. The molecule has 1 N–H and O–H groups in total. The Morgan fingerprint density at radius 3 is 3.00 bits per heavy atom. The Kier molecular flexibility index (Phi) is 3.04. The fourth-order valence-electron chi connectivity index (χ4n) is 3.30. The van der Waals surface area contributed by atoms with E-state index in [-0.39, 0.29) is 5.92 Å². The third-order valence-electron chi connectivity index (χ3n) is 4.30. The normalized spacial score (nSPS) is 20.9. The fraction of sp³-hybridized carbons (Fsp3) is 0.353. The summed E-state index contributed by atoms with van der Waals surface area (Å²) in [5.74, 6) is 1.43. The van der Waals surface area contributed by atoms with Crippen molar-refractivity contribution in [3.63, 3.8) is 0 Å². The Bertz CT molecular complexity index is 671. The van der Waals surface area contributed by atoms with E-state index in [0.29, 0.717) is 19.0 Å². The Labute approximate surface area is 123 Å². The van der Waals surface area contributed by atoms with Crippen LogP contribution in [0.1, 0.15) is 35.3 Å². The first-order valence-electron chi connectivity index (χ1n) is 7.35. The summed E-state index contributed by atoms with van der Waals surface area (Å²) in [5.41, 5.74) is 3.05. The second kappa shape index (κ2) is 5.04. The minimum atomic E-state index is -0.613. The first-order chi connectivity index (χ1) is 10.3. The molecule has 2 aromatic rings. The van der Waals surface area contributed by atoms with Crippen LogP contribution in [0.15, 0.2) is 36.5 Å². The maximum atomic E-state index is 10.8. The maximum Gasteiger partial charge on any atom is 0.167 e. The molecule has 108 valence electrons. The van der Waals surface area contributed by atoms with Gasteiger partial charge in [0.25, 0.3) is 0 Å². The summed E-state index contributed by atoms with van der Waals surface area (Å²) in [7, 11) is 0. The molecule has 0 saturated carbocycles. The lowest BCUT2D eigenvalue weighted by molar-refractivity contribution is 0.126. The van der Waals surface area contributed by atoms with Crippen molar-refractivity contribution in [3.05, 3.63) is 53.3 Å². The highest BCUT2D eigenvalue weighted by Gasteiger charge is 2.33. The van der Waals surface area contributed by atoms with Crippen molar-refractivity contribution < 1.29 is 14.6 Å². The number of aromatic nitrogens is 1. The number of nitrogens with zero attached hydrogens (tertiary/aromatic N) is 1. The number of rotatable bonds is 2. The third kappa shape index (κ3) is 2.07. The predicted molar refractivity (Wildman–Crippen MR) is 77.7 cm³/mol. The highest BCUT2D eigenvalue weighted by Crippen LogP contribution is 2.45. The van der Waals surface area contributed by atoms with Crippen LogP contribution in [0.3, 0.4) is 0 Å². The van der Waals surface area contributed by atoms with Crippen molar-refractivity contribution >= 4 is 0 Å². The molecule has 4 heteroatoms. The highest BCUT2D eigenvalue weighted by molar-refractivity contribution is 5.49. The number of aliphatic hydroxyl groups excluding tert-OH is 1. The van der Waals surface area contributed by atoms with Gasteiger partial charge in [-0.15, -0.1) is 0 Å². The summed E-state index contributed by atoms with van der Waals surface area (Å²) in [5, 5.41) is 10.8. The molecule has 0 bridgehead atoms. The van der Waals surface area contributed by atoms with Crippen molar-refractivity contribution in [3.8, 4) is 11.5 Å². The SMILES string of the molecule is OC(c1cccc2c1OCCO2)C1CCc2cccnc21. The summed E-state index contributed by atoms with van der Waals surface area (Å²) >= 11 is 0. The number of benzene rings is 1. The van der Waals surface area contributed by atoms with Crippen LogP contribution >= 0.6 is 0 Å². The van der Waals surface area contributed by atoms with Crippen LogP contribution in [0.2, 0.25) is 0 Å². The molecular weight excluding hydrogens is 266 g/mol. The second-order valence-electron chi connectivity index (χ2n) is 5.51. The molecular formula is C17H17NO3. The molecule has 21 heavy (non-hydrogen) atoms. The van der Waals surface area contributed by atoms with E-state index >= 15 is 0 Å². The van der Waals surface area contributed by atoms with Gasteiger partial charge in [0.15, 0.2) is 11.5 Å². The first-order valence-corrected chi connectivity index (χ1v) is 7.35. The van der Waals surface area contributed by atoms with E-state index in [0.717, 1.165) is 29.8 Å². The molecule has 2 atom stereocenters. The standard InChI is InChI=1S/C17H17NO3/c19-16(12-7-6-11-3-2-8-18-15(11)12)13-4-1-5-14-17(13)21-10-9-20-14/h1-5,8,12,16,19H,6-7,9-10H2. The molecule has 0 radical (unpaired) electrons. The molecule has 4 rings (SSSR count). The van der Waals surface area contributed by atoms with Crippen molar-refractivity contribution in [2.45, 2.75) is 24.9 Å². The molecule has 4 nitrogen and oxygen atoms in total. The zero-order chi connectivity index (χ0) is 14.2. The Hall–Kier alpha value is -2.07. The van der Waals surface area contributed by atoms with Crippen molar-refractivity contribution in [2.24, 2.45) is 0 Å². The van der Waals surface area contributed by atoms with Crippen molar-refractivity contribution in [2.75, 3.05) is 13.2 Å². The summed E-state index contributed by atoms with van der Waals surface area (Å²) in [6.07, 6.45) is 3.07. The molecule has 2 aliphatic rings. The van der Waals surface area contributed by atoms with Crippen molar-refractivity contribution in [1.82, 2.24) is 4.98 Å². The van der Waals surface area contributed by atoms with E-state index in [1.807, 2.05) is 24.3 Å². The number of pyridine rings is 1. The van der Waals surface area contributed by atoms with Crippen LogP contribution in [0.5, 0.6) is 11.5 Å². The Morgan fingerprint density at radius 1 is 1.14 bits per heavy atom. The van der Waals surface area contributed by atoms with Gasteiger partial charge < -0.3 is 14.6 Å². The van der Waals surface area contributed by atoms with Crippen LogP contribution < -0.4 is 9.47 Å². The van der Waals surface area contributed by atoms with E-state index in [1.165, 1.54) is 5.56 Å². The molecule has 2 heterocycles. The van der Waals surface area contributed by atoms with Crippen molar-refractivity contribution in [1.29, 1.82) is 0 Å². The van der Waals surface area contributed by atoms with Crippen LogP contribution in [0.4, 0.5) is 0 Å². The summed E-state index contributed by atoms with van der Waals surface area (Å²) in [6, 6.07) is 9.75. The van der Waals surface area contributed by atoms with Gasteiger partial charge in [-0.2, -0.15) is 0 Å². The Balaban J connectivity index is 1.72. The third-order valence-corrected chi connectivity index (χ3v) is 4.30. The average molecular weight is 283 g/mol. The van der Waals surface area contributed by atoms with Gasteiger partial charge in [0.1, 0.15) is 13.2 Å². The zero-order valence-corrected chi connectivity index (χ0v) is 11.7. The van der Waals surface area contributed by atoms with Gasteiger partial charge in [-0.05, 0) is 30.5 Å². The number of hydrogen-bond donors (Lipinski definition) is 1. The van der Waals surface area contributed by atoms with Gasteiger partial charge in [0, 0.05) is 23.4 Å². The summed E-state index contributed by atoms with van der Waals surface area (Å²) in [4.78, 5) is 4.47. The van der Waals surface area contributed by atoms with E-state index in [2.05, 4.69) is 11.1 Å². The minimum Gasteiger partial charge on any atom is -0.486 e. The van der Waals surface area contributed by atoms with Gasteiger partial charge in [-0.3, -0.25) is 4.98 Å². The lowest BCUT2D eigenvalue weighted by atomic mass is 9.92. The second-order valence-corrected chi connectivity index (χ2v) is 5.51. The number of fused-ring (bicyclic) bond motifs is 2. The number of hydrogen-bond acceptors (Lipinski definition) is 4. The lowest BCUT2D eigenvalue weighted by Gasteiger charge is -2.25. The number of para-hydroxylation sites is 1. The fourth-order valence-corrected chi connectivity index (χ4v) is 3.30. The van der Waals surface area contributed by atoms with Gasteiger partial charge in [-0.1, -0.05) is 18.2 Å². The van der Waals surface area contributed by atoms with Gasteiger partial charge >= 0.3 is 0 Å². The van der Waals surface area contributed by atoms with E-state index in [1.54, 1.807) is 6.20 Å². The van der Waals surface area contributed by atoms with E-state index < -0.39 is 6.10 Å². The highest BCUT2D eigenvalue weighted by atomic mass is 16.6. The van der Waals surface area contributed by atoms with E-state index in [4.69, 9.17) is 9.47 Å². The molecule has 0 spiro atoms. The van der Waals surface area contributed by atoms with Crippen LogP contribution in [0.25, 0.3) is 0 Å². The monoisotopic (exact) mass is 283 g/mol. The summed E-state index contributed by atoms with van der Waals surface area (Å²) < 4.78 is 11.3. The quantitative estimate of drug-likeness (QED) is 0.920. The largest absolute Gasteiger partial charge is 0.486 e. The smallest absolute Gasteiger partial charge is 0.167 e. The molecule has 0 fully saturated rings. The predicted octanol–water partition coefficient (Wildman–Crippen LogP) is 2.62. The first kappa shape index (κ1) is 12.7. The molecule has 0 saturated heterocycles. The molecule has 1 aromatic heterocycles. The van der Waals surface area contributed by atoms with Crippen LogP contribution in [0, 0.1) is 0 Å². The van der Waals surface area contributed by atoms with E-state index in [9.17, 15) is 5.11 Å². The number of ether oxygens (including phenoxy) is 2. The summed E-state index contributed by atoms with van der Waals surface area (Å²) in [6.45, 7) is 1.08. The molecule has 2 unspecified atom stereocenters. The molecule has 1 aliphatic carbocycles. The molecule has 0 amide bonds. The van der Waals surface area contributed by atoms with Gasteiger partial charge in [-0.25, -0.2) is 0 Å². The topological polar surface area (TPSA) is 51.6 Å². The average Bonchev–Trinajstić information content (AvgIpc) is 2.98. The minimum absolute atomic E-state index is 0.0261. The van der Waals surface area contributed by atoms with Gasteiger partial charge in [0.05, 0.1) is 6.10 Å². The number of aryl methyl sites for hydroxylation is 1. The molecule has 1 aliphatic heterocycles. The zero-order valence-electron chi connectivity index (χ0n) is 11.7. The maximum absolute atomic E-state index is 10.8. The Morgan fingerprint density at radius 2 is 2.05 bits per heavy atom. The van der Waals surface area contributed by atoms with Crippen LogP contribution in [-0.2, 0) is 6.42 Å². The number of aliphatic hydroxyl groups is 1.